The van der Waals surface area contributed by atoms with Crippen LogP contribution in [0.1, 0.15) is 52.6 Å². The third-order valence-electron chi connectivity index (χ3n) is 3.15. The van der Waals surface area contributed by atoms with Gasteiger partial charge in [-0.15, -0.1) is 0 Å². The molecule has 1 aliphatic rings. The summed E-state index contributed by atoms with van der Waals surface area (Å²) >= 11 is 0. The van der Waals surface area contributed by atoms with E-state index in [1.165, 1.54) is 0 Å². The van der Waals surface area contributed by atoms with E-state index in [1.54, 1.807) is 6.07 Å². The molecule has 0 aromatic heterocycles. The first-order valence-corrected chi connectivity index (χ1v) is 7.14. The van der Waals surface area contributed by atoms with Gasteiger partial charge in [-0.1, -0.05) is 0 Å². The average molecular weight is 292 g/mol. The van der Waals surface area contributed by atoms with Gasteiger partial charge in [0, 0.05) is 23.7 Å². The van der Waals surface area contributed by atoms with Crippen molar-refractivity contribution >= 4 is 11.8 Å². The number of carbonyl (C=O) groups is 1. The van der Waals surface area contributed by atoms with Crippen molar-refractivity contribution in [1.29, 1.82) is 0 Å². The summed E-state index contributed by atoms with van der Waals surface area (Å²) in [4.78, 5) is 11.8. The van der Waals surface area contributed by atoms with E-state index in [-0.39, 0.29) is 11.6 Å². The fourth-order valence-corrected chi connectivity index (χ4v) is 2.41. The van der Waals surface area contributed by atoms with E-state index >= 15 is 0 Å². The van der Waals surface area contributed by atoms with Gasteiger partial charge in [0.2, 0.25) is 0 Å². The number of benzene rings is 1. The normalized spacial score (nSPS) is 20.2. The molecule has 116 valence electrons. The molecule has 21 heavy (non-hydrogen) atoms. The van der Waals surface area contributed by atoms with Gasteiger partial charge >= 0.3 is 6.09 Å². The number of carbonyl (C=O) groups excluding carboxylic acids is 1. The first-order chi connectivity index (χ1) is 9.56. The maximum Gasteiger partial charge on any atom is 0.412 e. The number of hydrogen-bond donors (Lipinski definition) is 2. The minimum Gasteiger partial charge on any atom is -0.487 e. The van der Waals surface area contributed by atoms with Crippen LogP contribution in [0.15, 0.2) is 18.2 Å². The number of amides is 1. The Kier molecular flexibility index (Phi) is 3.89. The minimum absolute atomic E-state index is 0.107. The molecule has 1 aromatic carbocycles. The van der Waals surface area contributed by atoms with Gasteiger partial charge in [0.15, 0.2) is 0 Å². The van der Waals surface area contributed by atoms with Gasteiger partial charge in [-0.3, -0.25) is 5.32 Å². The Balaban J connectivity index is 2.15. The van der Waals surface area contributed by atoms with Gasteiger partial charge in [0.1, 0.15) is 17.0 Å². The highest BCUT2D eigenvalue weighted by molar-refractivity contribution is 5.85. The molecular weight excluding hydrogens is 268 g/mol. The van der Waals surface area contributed by atoms with Crippen molar-refractivity contribution in [2.24, 2.45) is 5.73 Å². The molecular formula is C16H24N2O3. The molecule has 5 heteroatoms. The molecule has 0 bridgehead atoms. The molecule has 1 aromatic rings. The smallest absolute Gasteiger partial charge is 0.412 e. The molecule has 0 saturated carbocycles. The Morgan fingerprint density at radius 3 is 2.71 bits per heavy atom. The second-order valence-electron chi connectivity index (χ2n) is 7.05. The molecule has 5 nitrogen and oxygen atoms in total. The maximum atomic E-state index is 11.8. The highest BCUT2D eigenvalue weighted by Gasteiger charge is 2.32. The lowest BCUT2D eigenvalue weighted by Gasteiger charge is -2.36. The van der Waals surface area contributed by atoms with Crippen LogP contribution in [-0.4, -0.2) is 17.3 Å². The van der Waals surface area contributed by atoms with E-state index in [1.807, 2.05) is 46.8 Å². The molecule has 0 saturated heterocycles. The second-order valence-corrected chi connectivity index (χ2v) is 7.05. The predicted molar refractivity (Wildman–Crippen MR) is 82.6 cm³/mol. The Morgan fingerprint density at radius 2 is 2.10 bits per heavy atom. The summed E-state index contributed by atoms with van der Waals surface area (Å²) in [6, 6.07) is 5.36. The topological polar surface area (TPSA) is 73.6 Å². The number of ether oxygens (including phenoxy) is 2. The SMILES string of the molecule is CC(C)(C)OC(=O)Nc1ccc2c(c1)C(N)CC(C)(C)O2. The molecule has 1 aliphatic heterocycles. The lowest BCUT2D eigenvalue weighted by molar-refractivity contribution is 0.0633. The molecule has 0 spiro atoms. The molecule has 0 aliphatic carbocycles. The monoisotopic (exact) mass is 292 g/mol. The number of rotatable bonds is 1. The quantitative estimate of drug-likeness (QED) is 0.829. The first kappa shape index (κ1) is 15.6. The van der Waals surface area contributed by atoms with Gasteiger partial charge in [-0.2, -0.15) is 0 Å². The van der Waals surface area contributed by atoms with E-state index < -0.39 is 11.7 Å². The van der Waals surface area contributed by atoms with Gasteiger partial charge in [0.25, 0.3) is 0 Å². The van der Waals surface area contributed by atoms with Crippen molar-refractivity contribution in [2.75, 3.05) is 5.32 Å². The molecule has 1 heterocycles. The van der Waals surface area contributed by atoms with E-state index in [4.69, 9.17) is 15.2 Å². The number of fused-ring (bicyclic) bond motifs is 1. The van der Waals surface area contributed by atoms with Crippen molar-refractivity contribution in [2.45, 2.75) is 58.3 Å². The van der Waals surface area contributed by atoms with Gasteiger partial charge in [0.05, 0.1) is 0 Å². The van der Waals surface area contributed by atoms with E-state index in [9.17, 15) is 4.79 Å². The summed E-state index contributed by atoms with van der Waals surface area (Å²) in [6.07, 6.45) is 0.253. The van der Waals surface area contributed by atoms with Crippen molar-refractivity contribution in [3.05, 3.63) is 23.8 Å². The number of anilines is 1. The van der Waals surface area contributed by atoms with Crippen molar-refractivity contribution < 1.29 is 14.3 Å². The van der Waals surface area contributed by atoms with Crippen LogP contribution in [0.2, 0.25) is 0 Å². The summed E-state index contributed by atoms with van der Waals surface area (Å²) in [5, 5.41) is 2.72. The zero-order chi connectivity index (χ0) is 15.8. The number of nitrogens with one attached hydrogen (secondary N) is 1. The Bertz CT molecular complexity index is 547. The van der Waals surface area contributed by atoms with Gasteiger partial charge in [-0.25, -0.2) is 4.79 Å². The predicted octanol–water partition coefficient (Wildman–Crippen LogP) is 3.59. The largest absolute Gasteiger partial charge is 0.487 e. The number of nitrogens with two attached hydrogens (primary N) is 1. The highest BCUT2D eigenvalue weighted by Crippen LogP contribution is 2.39. The van der Waals surface area contributed by atoms with Crippen LogP contribution in [-0.2, 0) is 4.74 Å². The first-order valence-electron chi connectivity index (χ1n) is 7.14. The molecule has 0 radical (unpaired) electrons. The Hall–Kier alpha value is -1.75. The van der Waals surface area contributed by atoms with Crippen LogP contribution < -0.4 is 15.8 Å². The standard InChI is InChI=1S/C16H24N2O3/c1-15(2,3)21-14(19)18-10-6-7-13-11(8-10)12(17)9-16(4,5)20-13/h6-8,12H,9,17H2,1-5H3,(H,18,19). The van der Waals surface area contributed by atoms with Crippen LogP contribution in [0.4, 0.5) is 10.5 Å². The summed E-state index contributed by atoms with van der Waals surface area (Å²) in [6.45, 7) is 9.51. The zero-order valence-corrected chi connectivity index (χ0v) is 13.3. The fourth-order valence-electron chi connectivity index (χ4n) is 2.41. The number of hydrogen-bond acceptors (Lipinski definition) is 4. The van der Waals surface area contributed by atoms with Crippen molar-refractivity contribution in [3.63, 3.8) is 0 Å². The summed E-state index contributed by atoms with van der Waals surface area (Å²) in [7, 11) is 0. The van der Waals surface area contributed by atoms with E-state index in [0.717, 1.165) is 17.7 Å². The third-order valence-corrected chi connectivity index (χ3v) is 3.15. The second kappa shape index (κ2) is 5.22. The molecule has 2 rings (SSSR count). The fraction of sp³-hybridized carbons (Fsp3) is 0.562. The summed E-state index contributed by atoms with van der Waals surface area (Å²) in [5.74, 6) is 0.772. The van der Waals surface area contributed by atoms with Crippen LogP contribution in [0.25, 0.3) is 0 Å². The molecule has 1 unspecified atom stereocenters. The van der Waals surface area contributed by atoms with Gasteiger partial charge in [-0.05, 0) is 52.8 Å². The maximum absolute atomic E-state index is 11.8. The summed E-state index contributed by atoms with van der Waals surface area (Å²) in [5.41, 5.74) is 6.96. The summed E-state index contributed by atoms with van der Waals surface area (Å²) < 4.78 is 11.1. The highest BCUT2D eigenvalue weighted by atomic mass is 16.6. The Labute approximate surface area is 125 Å². The molecule has 1 atom stereocenters. The lowest BCUT2D eigenvalue weighted by atomic mass is 9.90. The van der Waals surface area contributed by atoms with Crippen molar-refractivity contribution in [3.8, 4) is 5.75 Å². The van der Waals surface area contributed by atoms with Crippen LogP contribution in [0, 0.1) is 0 Å². The lowest BCUT2D eigenvalue weighted by Crippen LogP contribution is -2.37. The molecule has 3 N–H and O–H groups in total. The van der Waals surface area contributed by atoms with E-state index in [0.29, 0.717) is 5.69 Å². The Morgan fingerprint density at radius 1 is 1.43 bits per heavy atom. The van der Waals surface area contributed by atoms with Crippen LogP contribution >= 0.6 is 0 Å². The minimum atomic E-state index is -0.526. The molecule has 1 amide bonds. The van der Waals surface area contributed by atoms with Crippen LogP contribution in [0.3, 0.4) is 0 Å². The average Bonchev–Trinajstić information content (AvgIpc) is 2.26. The van der Waals surface area contributed by atoms with Gasteiger partial charge < -0.3 is 15.2 Å². The zero-order valence-electron chi connectivity index (χ0n) is 13.3. The van der Waals surface area contributed by atoms with Crippen molar-refractivity contribution in [1.82, 2.24) is 0 Å². The third kappa shape index (κ3) is 4.11. The van der Waals surface area contributed by atoms with E-state index in [2.05, 4.69) is 5.32 Å². The van der Waals surface area contributed by atoms with Crippen LogP contribution in [0.5, 0.6) is 5.75 Å². The molecule has 0 fully saturated rings.